The van der Waals surface area contributed by atoms with Gasteiger partial charge in [-0.2, -0.15) is 0 Å². The third-order valence-corrected chi connectivity index (χ3v) is 3.32. The maximum atomic E-state index is 3.44. The van der Waals surface area contributed by atoms with E-state index in [1.54, 1.807) is 0 Å². The van der Waals surface area contributed by atoms with Gasteiger partial charge >= 0.3 is 0 Å². The Kier molecular flexibility index (Phi) is 3.47. The van der Waals surface area contributed by atoms with Crippen LogP contribution in [0.4, 0.5) is 0 Å². The SMILES string of the molecule is Cl.c1ccc2c(C3CCNC3)cccc2c1. The normalized spacial score (nSPS) is 19.6. The Morgan fingerprint density at radius 2 is 1.81 bits per heavy atom. The van der Waals surface area contributed by atoms with E-state index in [2.05, 4.69) is 47.8 Å². The van der Waals surface area contributed by atoms with Crippen molar-refractivity contribution in [1.82, 2.24) is 5.32 Å². The third-order valence-electron chi connectivity index (χ3n) is 3.32. The molecule has 0 saturated carbocycles. The van der Waals surface area contributed by atoms with Gasteiger partial charge in [-0.25, -0.2) is 0 Å². The standard InChI is InChI=1S/C14H15N.ClH/c1-2-6-13-11(4-1)5-3-7-14(13)12-8-9-15-10-12;/h1-7,12,15H,8-10H2;1H. The fourth-order valence-electron chi connectivity index (χ4n) is 2.53. The van der Waals surface area contributed by atoms with Crippen molar-refractivity contribution >= 4 is 23.2 Å². The summed E-state index contributed by atoms with van der Waals surface area (Å²) in [6.07, 6.45) is 1.27. The molecule has 84 valence electrons. The predicted octanol–water partition coefficient (Wildman–Crippen LogP) is 3.34. The molecular formula is C14H16ClN. The highest BCUT2D eigenvalue weighted by Crippen LogP contribution is 2.29. The highest BCUT2D eigenvalue weighted by atomic mass is 35.5. The average molecular weight is 234 g/mol. The smallest absolute Gasteiger partial charge is 0.00208 e. The Morgan fingerprint density at radius 1 is 1.00 bits per heavy atom. The molecule has 3 rings (SSSR count). The van der Waals surface area contributed by atoms with Crippen LogP contribution in [-0.2, 0) is 0 Å². The number of hydrogen-bond acceptors (Lipinski definition) is 1. The Morgan fingerprint density at radius 3 is 2.62 bits per heavy atom. The van der Waals surface area contributed by atoms with Gasteiger partial charge in [-0.15, -0.1) is 12.4 Å². The fourth-order valence-corrected chi connectivity index (χ4v) is 2.53. The molecule has 1 heterocycles. The highest BCUT2D eigenvalue weighted by molar-refractivity contribution is 5.86. The van der Waals surface area contributed by atoms with E-state index < -0.39 is 0 Å². The lowest BCUT2D eigenvalue weighted by Crippen LogP contribution is -2.08. The quantitative estimate of drug-likeness (QED) is 0.797. The molecule has 0 radical (unpaired) electrons. The molecule has 2 aromatic rings. The first-order valence-corrected chi connectivity index (χ1v) is 5.63. The Bertz CT molecular complexity index is 470. The van der Waals surface area contributed by atoms with Crippen molar-refractivity contribution in [1.29, 1.82) is 0 Å². The van der Waals surface area contributed by atoms with Crippen molar-refractivity contribution in [3.63, 3.8) is 0 Å². The first-order valence-electron chi connectivity index (χ1n) is 5.63. The summed E-state index contributed by atoms with van der Waals surface area (Å²) in [6.45, 7) is 2.29. The van der Waals surface area contributed by atoms with Crippen molar-refractivity contribution in [3.8, 4) is 0 Å². The highest BCUT2D eigenvalue weighted by Gasteiger charge is 2.17. The number of rotatable bonds is 1. The van der Waals surface area contributed by atoms with E-state index in [0.29, 0.717) is 5.92 Å². The van der Waals surface area contributed by atoms with Crippen LogP contribution in [0.3, 0.4) is 0 Å². The molecule has 0 bridgehead atoms. The third kappa shape index (κ3) is 1.93. The lowest BCUT2D eigenvalue weighted by atomic mass is 9.93. The zero-order valence-corrected chi connectivity index (χ0v) is 9.96. The number of fused-ring (bicyclic) bond motifs is 1. The van der Waals surface area contributed by atoms with E-state index in [1.165, 1.54) is 22.8 Å². The largest absolute Gasteiger partial charge is 0.316 e. The summed E-state index contributed by atoms with van der Waals surface area (Å²) >= 11 is 0. The second kappa shape index (κ2) is 4.86. The van der Waals surface area contributed by atoms with E-state index in [4.69, 9.17) is 0 Å². The van der Waals surface area contributed by atoms with E-state index in [0.717, 1.165) is 13.1 Å². The summed E-state index contributed by atoms with van der Waals surface area (Å²) in [4.78, 5) is 0. The van der Waals surface area contributed by atoms with Gasteiger partial charge in [0.15, 0.2) is 0 Å². The minimum absolute atomic E-state index is 0. The van der Waals surface area contributed by atoms with Gasteiger partial charge in [0.05, 0.1) is 0 Å². The van der Waals surface area contributed by atoms with Crippen molar-refractivity contribution < 1.29 is 0 Å². The van der Waals surface area contributed by atoms with Gasteiger partial charge in [0, 0.05) is 6.54 Å². The molecule has 1 atom stereocenters. The summed E-state index contributed by atoms with van der Waals surface area (Å²) in [7, 11) is 0. The van der Waals surface area contributed by atoms with Crippen LogP contribution in [0.5, 0.6) is 0 Å². The van der Waals surface area contributed by atoms with Crippen molar-refractivity contribution in [2.24, 2.45) is 0 Å². The van der Waals surface area contributed by atoms with Gasteiger partial charge in [-0.3, -0.25) is 0 Å². The van der Waals surface area contributed by atoms with Gasteiger partial charge in [0.25, 0.3) is 0 Å². The fraction of sp³-hybridized carbons (Fsp3) is 0.286. The zero-order chi connectivity index (χ0) is 10.1. The van der Waals surface area contributed by atoms with Gasteiger partial charge < -0.3 is 5.32 Å². The van der Waals surface area contributed by atoms with E-state index >= 15 is 0 Å². The Balaban J connectivity index is 0.000000963. The first-order chi connectivity index (χ1) is 7.45. The molecule has 1 saturated heterocycles. The monoisotopic (exact) mass is 233 g/mol. The molecule has 2 aromatic carbocycles. The summed E-state index contributed by atoms with van der Waals surface area (Å²) in [6, 6.07) is 15.3. The number of hydrogen-bond donors (Lipinski definition) is 1. The van der Waals surface area contributed by atoms with Crippen LogP contribution in [-0.4, -0.2) is 13.1 Å². The molecule has 1 fully saturated rings. The molecule has 16 heavy (non-hydrogen) atoms. The summed E-state index contributed by atoms with van der Waals surface area (Å²) in [5.74, 6) is 0.705. The molecule has 1 nitrogen and oxygen atoms in total. The average Bonchev–Trinajstić information content (AvgIpc) is 2.82. The second-order valence-corrected chi connectivity index (χ2v) is 4.26. The first kappa shape index (κ1) is 11.4. The van der Waals surface area contributed by atoms with E-state index in [1.807, 2.05) is 0 Å². The summed E-state index contributed by atoms with van der Waals surface area (Å²) in [5, 5.41) is 6.22. The number of halogens is 1. The summed E-state index contributed by atoms with van der Waals surface area (Å²) < 4.78 is 0. The maximum absolute atomic E-state index is 3.44. The second-order valence-electron chi connectivity index (χ2n) is 4.26. The van der Waals surface area contributed by atoms with Gasteiger partial charge in [-0.1, -0.05) is 42.5 Å². The lowest BCUT2D eigenvalue weighted by Gasteiger charge is -2.12. The topological polar surface area (TPSA) is 12.0 Å². The van der Waals surface area contributed by atoms with E-state index in [9.17, 15) is 0 Å². The molecule has 0 aliphatic carbocycles. The minimum atomic E-state index is 0. The van der Waals surface area contributed by atoms with Crippen LogP contribution >= 0.6 is 12.4 Å². The van der Waals surface area contributed by atoms with Crippen LogP contribution in [0.25, 0.3) is 10.8 Å². The van der Waals surface area contributed by atoms with Gasteiger partial charge in [-0.05, 0) is 35.2 Å². The molecule has 0 amide bonds. The van der Waals surface area contributed by atoms with E-state index in [-0.39, 0.29) is 12.4 Å². The summed E-state index contributed by atoms with van der Waals surface area (Å²) in [5.41, 5.74) is 1.51. The molecule has 0 aromatic heterocycles. The van der Waals surface area contributed by atoms with Crippen molar-refractivity contribution in [2.45, 2.75) is 12.3 Å². The molecule has 0 spiro atoms. The molecule has 2 heteroatoms. The van der Waals surface area contributed by atoms with Crippen LogP contribution in [0.2, 0.25) is 0 Å². The predicted molar refractivity (Wildman–Crippen MR) is 71.4 cm³/mol. The zero-order valence-electron chi connectivity index (χ0n) is 9.15. The van der Waals surface area contributed by atoms with Crippen LogP contribution in [0, 0.1) is 0 Å². The molecular weight excluding hydrogens is 218 g/mol. The Labute approximate surface area is 102 Å². The molecule has 1 unspecified atom stereocenters. The van der Waals surface area contributed by atoms with Crippen molar-refractivity contribution in [2.75, 3.05) is 13.1 Å². The molecule has 1 aliphatic rings. The van der Waals surface area contributed by atoms with Gasteiger partial charge in [0.1, 0.15) is 0 Å². The number of nitrogens with one attached hydrogen (secondary N) is 1. The number of benzene rings is 2. The van der Waals surface area contributed by atoms with Crippen LogP contribution in [0.15, 0.2) is 42.5 Å². The maximum Gasteiger partial charge on any atom is 0.00208 e. The Hall–Kier alpha value is -1.05. The minimum Gasteiger partial charge on any atom is -0.316 e. The van der Waals surface area contributed by atoms with Crippen molar-refractivity contribution in [3.05, 3.63) is 48.0 Å². The molecule has 1 N–H and O–H groups in total. The molecule has 1 aliphatic heterocycles. The van der Waals surface area contributed by atoms with Crippen LogP contribution < -0.4 is 5.32 Å². The van der Waals surface area contributed by atoms with Crippen LogP contribution in [0.1, 0.15) is 17.9 Å². The lowest BCUT2D eigenvalue weighted by molar-refractivity contribution is 0.770. The van der Waals surface area contributed by atoms with Gasteiger partial charge in [0.2, 0.25) is 0 Å².